The number of aromatic nitrogens is 2. The van der Waals surface area contributed by atoms with E-state index >= 15 is 0 Å². The average molecular weight is 228 g/mol. The molecular formula is C14H16N2O. The fourth-order valence-electron chi connectivity index (χ4n) is 1.93. The lowest BCUT2D eigenvalue weighted by Gasteiger charge is -2.05. The Morgan fingerprint density at radius 1 is 1.24 bits per heavy atom. The third-order valence-corrected chi connectivity index (χ3v) is 2.85. The molecule has 0 bridgehead atoms. The molecule has 3 nitrogen and oxygen atoms in total. The first-order valence-electron chi connectivity index (χ1n) is 5.69. The van der Waals surface area contributed by atoms with Crippen molar-refractivity contribution in [3.05, 3.63) is 52.8 Å². The van der Waals surface area contributed by atoms with E-state index in [0.717, 1.165) is 22.5 Å². The van der Waals surface area contributed by atoms with Crippen molar-refractivity contribution in [2.75, 3.05) is 0 Å². The van der Waals surface area contributed by atoms with Gasteiger partial charge in [-0.2, -0.15) is 5.10 Å². The van der Waals surface area contributed by atoms with Crippen LogP contribution in [0.4, 0.5) is 0 Å². The van der Waals surface area contributed by atoms with Gasteiger partial charge in [0.25, 0.3) is 5.91 Å². The summed E-state index contributed by atoms with van der Waals surface area (Å²) in [6.07, 6.45) is 0.397. The first kappa shape index (κ1) is 11.6. The van der Waals surface area contributed by atoms with E-state index in [1.54, 1.807) is 0 Å². The summed E-state index contributed by atoms with van der Waals surface area (Å²) in [7, 11) is 0. The van der Waals surface area contributed by atoms with Gasteiger partial charge in [0, 0.05) is 5.69 Å². The molecule has 0 aliphatic carbocycles. The fraction of sp³-hybridized carbons (Fsp3) is 0.286. The highest BCUT2D eigenvalue weighted by Crippen LogP contribution is 2.10. The van der Waals surface area contributed by atoms with Crippen LogP contribution in [-0.4, -0.2) is 15.7 Å². The highest BCUT2D eigenvalue weighted by Gasteiger charge is 2.11. The van der Waals surface area contributed by atoms with Gasteiger partial charge in [0.05, 0.1) is 12.1 Å². The highest BCUT2D eigenvalue weighted by atomic mass is 16.2. The Kier molecular flexibility index (Phi) is 3.09. The molecule has 1 aromatic carbocycles. The Balaban J connectivity index is 2.23. The summed E-state index contributed by atoms with van der Waals surface area (Å²) in [6, 6.07) is 9.85. The Morgan fingerprint density at radius 3 is 2.53 bits per heavy atom. The first-order chi connectivity index (χ1) is 8.08. The van der Waals surface area contributed by atoms with Crippen LogP contribution >= 0.6 is 0 Å². The van der Waals surface area contributed by atoms with Gasteiger partial charge in [0.15, 0.2) is 0 Å². The Hall–Kier alpha value is -1.90. The third kappa shape index (κ3) is 2.44. The van der Waals surface area contributed by atoms with Gasteiger partial charge in [-0.05, 0) is 38.0 Å². The maximum Gasteiger partial charge on any atom is 0.251 e. The van der Waals surface area contributed by atoms with Gasteiger partial charge in [0.1, 0.15) is 0 Å². The van der Waals surface area contributed by atoms with Crippen LogP contribution in [0, 0.1) is 20.8 Å². The molecule has 0 amide bonds. The molecule has 1 aromatic heterocycles. The van der Waals surface area contributed by atoms with E-state index < -0.39 is 0 Å². The fourth-order valence-corrected chi connectivity index (χ4v) is 1.93. The zero-order valence-electron chi connectivity index (χ0n) is 10.4. The molecule has 17 heavy (non-hydrogen) atoms. The van der Waals surface area contributed by atoms with Crippen LogP contribution in [0.1, 0.15) is 27.3 Å². The van der Waals surface area contributed by atoms with Crippen LogP contribution in [0.5, 0.6) is 0 Å². The molecule has 88 valence electrons. The van der Waals surface area contributed by atoms with E-state index in [4.69, 9.17) is 0 Å². The van der Waals surface area contributed by atoms with Crippen LogP contribution < -0.4 is 0 Å². The maximum atomic E-state index is 12.1. The summed E-state index contributed by atoms with van der Waals surface area (Å²) in [5, 5.41) is 4.20. The Bertz CT molecular complexity index is 555. The molecule has 2 rings (SSSR count). The molecule has 0 N–H and O–H groups in total. The topological polar surface area (TPSA) is 34.9 Å². The second-order valence-electron chi connectivity index (χ2n) is 4.34. The largest absolute Gasteiger partial charge is 0.272 e. The van der Waals surface area contributed by atoms with Crippen molar-refractivity contribution in [1.29, 1.82) is 0 Å². The van der Waals surface area contributed by atoms with E-state index in [9.17, 15) is 4.79 Å². The van der Waals surface area contributed by atoms with Crippen molar-refractivity contribution in [3.63, 3.8) is 0 Å². The first-order valence-corrected chi connectivity index (χ1v) is 5.69. The van der Waals surface area contributed by atoms with Gasteiger partial charge in [-0.15, -0.1) is 0 Å². The maximum absolute atomic E-state index is 12.1. The van der Waals surface area contributed by atoms with Crippen molar-refractivity contribution in [2.45, 2.75) is 27.2 Å². The van der Waals surface area contributed by atoms with E-state index in [-0.39, 0.29) is 5.91 Å². The van der Waals surface area contributed by atoms with Crippen molar-refractivity contribution in [2.24, 2.45) is 0 Å². The summed E-state index contributed by atoms with van der Waals surface area (Å²) in [5.41, 5.74) is 3.97. The smallest absolute Gasteiger partial charge is 0.251 e. The number of nitrogens with zero attached hydrogens (tertiary/aromatic N) is 2. The van der Waals surface area contributed by atoms with Crippen molar-refractivity contribution in [1.82, 2.24) is 9.78 Å². The summed E-state index contributed by atoms with van der Waals surface area (Å²) < 4.78 is 1.49. The Morgan fingerprint density at radius 2 is 1.94 bits per heavy atom. The summed E-state index contributed by atoms with van der Waals surface area (Å²) in [4.78, 5) is 12.1. The summed E-state index contributed by atoms with van der Waals surface area (Å²) in [6.45, 7) is 5.81. The molecular weight excluding hydrogens is 212 g/mol. The molecule has 3 heteroatoms. The summed E-state index contributed by atoms with van der Waals surface area (Å²) in [5.74, 6) is 0.0184. The van der Waals surface area contributed by atoms with Crippen LogP contribution in [0.2, 0.25) is 0 Å². The number of benzene rings is 1. The lowest BCUT2D eigenvalue weighted by molar-refractivity contribution is 0.0895. The van der Waals surface area contributed by atoms with Gasteiger partial charge in [0.2, 0.25) is 0 Å². The molecule has 0 fully saturated rings. The lowest BCUT2D eigenvalue weighted by atomic mass is 10.1. The number of rotatable bonds is 2. The molecule has 0 saturated carbocycles. The lowest BCUT2D eigenvalue weighted by Crippen LogP contribution is -2.17. The molecule has 0 aliphatic rings. The minimum atomic E-state index is 0.0184. The van der Waals surface area contributed by atoms with E-state index in [1.807, 2.05) is 51.1 Å². The van der Waals surface area contributed by atoms with E-state index in [1.165, 1.54) is 4.68 Å². The molecule has 0 spiro atoms. The molecule has 0 radical (unpaired) electrons. The Labute approximate surface area is 101 Å². The van der Waals surface area contributed by atoms with Crippen molar-refractivity contribution >= 4 is 5.91 Å². The standard InChI is InChI=1S/C14H16N2O/c1-10-6-4-5-7-13(10)9-14(17)16-12(3)8-11(2)15-16/h4-8H,9H2,1-3H3. The van der Waals surface area contributed by atoms with Gasteiger partial charge >= 0.3 is 0 Å². The van der Waals surface area contributed by atoms with E-state index in [2.05, 4.69) is 5.10 Å². The number of carbonyl (C=O) groups excluding carboxylic acids is 1. The zero-order valence-corrected chi connectivity index (χ0v) is 10.4. The SMILES string of the molecule is Cc1cc(C)n(C(=O)Cc2ccccc2C)n1. The second kappa shape index (κ2) is 4.53. The van der Waals surface area contributed by atoms with Gasteiger partial charge in [-0.1, -0.05) is 24.3 Å². The minimum absolute atomic E-state index is 0.0184. The summed E-state index contributed by atoms with van der Waals surface area (Å²) >= 11 is 0. The van der Waals surface area contributed by atoms with Crippen LogP contribution in [-0.2, 0) is 6.42 Å². The van der Waals surface area contributed by atoms with Gasteiger partial charge in [-0.25, -0.2) is 4.68 Å². The monoisotopic (exact) mass is 228 g/mol. The molecule has 0 atom stereocenters. The van der Waals surface area contributed by atoms with Crippen LogP contribution in [0.25, 0.3) is 0 Å². The van der Waals surface area contributed by atoms with Gasteiger partial charge < -0.3 is 0 Å². The predicted molar refractivity (Wildman–Crippen MR) is 67.2 cm³/mol. The van der Waals surface area contributed by atoms with Crippen LogP contribution in [0.3, 0.4) is 0 Å². The molecule has 1 heterocycles. The molecule has 0 aliphatic heterocycles. The molecule has 0 saturated heterocycles. The zero-order chi connectivity index (χ0) is 12.4. The highest BCUT2D eigenvalue weighted by molar-refractivity contribution is 5.81. The number of carbonyl (C=O) groups is 1. The average Bonchev–Trinajstić information content (AvgIpc) is 2.61. The minimum Gasteiger partial charge on any atom is -0.272 e. The molecule has 0 unspecified atom stereocenters. The van der Waals surface area contributed by atoms with Crippen LogP contribution in [0.15, 0.2) is 30.3 Å². The van der Waals surface area contributed by atoms with E-state index in [0.29, 0.717) is 6.42 Å². The number of hydrogen-bond donors (Lipinski definition) is 0. The number of hydrogen-bond acceptors (Lipinski definition) is 2. The third-order valence-electron chi connectivity index (χ3n) is 2.85. The quantitative estimate of drug-likeness (QED) is 0.792. The number of aryl methyl sites for hydroxylation is 3. The normalized spacial score (nSPS) is 10.5. The second-order valence-corrected chi connectivity index (χ2v) is 4.34. The molecule has 2 aromatic rings. The van der Waals surface area contributed by atoms with Crippen molar-refractivity contribution in [3.8, 4) is 0 Å². The van der Waals surface area contributed by atoms with Gasteiger partial charge in [-0.3, -0.25) is 4.79 Å². The predicted octanol–water partition coefficient (Wildman–Crippen LogP) is 2.69. The van der Waals surface area contributed by atoms with Crippen molar-refractivity contribution < 1.29 is 4.79 Å².